The van der Waals surface area contributed by atoms with E-state index in [9.17, 15) is 4.79 Å². The number of nitrogens with zero attached hydrogens (tertiary/aromatic N) is 2. The molecule has 0 saturated heterocycles. The van der Waals surface area contributed by atoms with Gasteiger partial charge in [0.15, 0.2) is 3.77 Å². The Morgan fingerprint density at radius 3 is 3.14 bits per heavy atom. The number of hydrazone groups is 1. The Morgan fingerprint density at radius 1 is 1.79 bits per heavy atom. The molecule has 0 unspecified atom stereocenters. The van der Waals surface area contributed by atoms with Crippen LogP contribution in [0.2, 0.25) is 0 Å². The van der Waals surface area contributed by atoms with E-state index in [2.05, 4.69) is 10.5 Å². The lowest BCUT2D eigenvalue weighted by Crippen LogP contribution is -2.15. The van der Waals surface area contributed by atoms with Gasteiger partial charge in [-0.1, -0.05) is 0 Å². The molecule has 0 radical (unpaired) electrons. The van der Waals surface area contributed by atoms with Crippen LogP contribution in [0.3, 0.4) is 0 Å². The van der Waals surface area contributed by atoms with Crippen LogP contribution in [0, 0.1) is 15.1 Å². The molecular formula is C8H6IN3O2. The summed E-state index contributed by atoms with van der Waals surface area (Å²) in [6, 6.07) is 5.21. The van der Waals surface area contributed by atoms with E-state index in [0.717, 1.165) is 3.77 Å². The van der Waals surface area contributed by atoms with Gasteiger partial charge >= 0.3 is 0 Å². The molecule has 1 heterocycles. The summed E-state index contributed by atoms with van der Waals surface area (Å²) in [5.41, 5.74) is 2.19. The standard InChI is InChI=1S/C8H6IN3O2/c9-7-2-1-6(14-7)5-11-12-8(13)3-4-10/h1-2,5H,3H2,(H,12,13). The fourth-order valence-electron chi connectivity index (χ4n) is 0.677. The summed E-state index contributed by atoms with van der Waals surface area (Å²) in [5, 5.41) is 11.8. The van der Waals surface area contributed by atoms with Gasteiger partial charge in [0.1, 0.15) is 12.2 Å². The smallest absolute Gasteiger partial charge is 0.254 e. The minimum atomic E-state index is -0.440. The molecule has 0 aliphatic rings. The first-order chi connectivity index (χ1) is 6.72. The van der Waals surface area contributed by atoms with Crippen LogP contribution < -0.4 is 5.43 Å². The molecular weight excluding hydrogens is 297 g/mol. The highest BCUT2D eigenvalue weighted by Gasteiger charge is 1.97. The van der Waals surface area contributed by atoms with E-state index in [1.54, 1.807) is 18.2 Å². The van der Waals surface area contributed by atoms with Crippen LogP contribution in [-0.4, -0.2) is 12.1 Å². The van der Waals surface area contributed by atoms with E-state index >= 15 is 0 Å². The summed E-state index contributed by atoms with van der Waals surface area (Å²) in [5.74, 6) is 0.108. The molecule has 1 aromatic rings. The van der Waals surface area contributed by atoms with E-state index in [1.165, 1.54) is 6.21 Å². The number of carbonyl (C=O) groups excluding carboxylic acids is 1. The van der Waals surface area contributed by atoms with Crippen LogP contribution >= 0.6 is 22.6 Å². The second-order valence-corrected chi connectivity index (χ2v) is 3.33. The Hall–Kier alpha value is -1.36. The zero-order valence-corrected chi connectivity index (χ0v) is 9.19. The first-order valence-corrected chi connectivity index (χ1v) is 4.74. The Labute approximate surface area is 93.9 Å². The first-order valence-electron chi connectivity index (χ1n) is 3.66. The van der Waals surface area contributed by atoms with Gasteiger partial charge in [-0.3, -0.25) is 4.79 Å². The predicted octanol–water partition coefficient (Wildman–Crippen LogP) is 1.25. The molecule has 0 saturated carbocycles. The Kier molecular flexibility index (Phi) is 4.12. The van der Waals surface area contributed by atoms with Crippen molar-refractivity contribution in [3.05, 3.63) is 21.7 Å². The van der Waals surface area contributed by atoms with Gasteiger partial charge in [-0.15, -0.1) is 0 Å². The monoisotopic (exact) mass is 303 g/mol. The molecule has 1 N–H and O–H groups in total. The van der Waals surface area contributed by atoms with Crippen LogP contribution in [0.1, 0.15) is 12.2 Å². The van der Waals surface area contributed by atoms with Crippen molar-refractivity contribution in [1.82, 2.24) is 5.43 Å². The molecule has 0 fully saturated rings. The van der Waals surface area contributed by atoms with E-state index in [4.69, 9.17) is 9.68 Å². The van der Waals surface area contributed by atoms with Crippen LogP contribution in [0.4, 0.5) is 0 Å². The quantitative estimate of drug-likeness (QED) is 0.518. The maximum atomic E-state index is 10.8. The second kappa shape index (κ2) is 5.39. The molecule has 0 bridgehead atoms. The van der Waals surface area contributed by atoms with Crippen molar-refractivity contribution in [3.63, 3.8) is 0 Å². The van der Waals surface area contributed by atoms with E-state index in [0.29, 0.717) is 5.76 Å². The van der Waals surface area contributed by atoms with Crippen molar-refractivity contribution in [3.8, 4) is 6.07 Å². The lowest BCUT2D eigenvalue weighted by atomic mass is 10.5. The molecule has 0 spiro atoms. The summed E-state index contributed by atoms with van der Waals surface area (Å²) < 4.78 is 5.89. The minimum Gasteiger partial charge on any atom is -0.449 e. The maximum absolute atomic E-state index is 10.8. The van der Waals surface area contributed by atoms with Crippen LogP contribution in [0.5, 0.6) is 0 Å². The fraction of sp³-hybridized carbons (Fsp3) is 0.125. The molecule has 6 heteroatoms. The predicted molar refractivity (Wildman–Crippen MR) is 57.4 cm³/mol. The third-order valence-corrected chi connectivity index (χ3v) is 1.79. The summed E-state index contributed by atoms with van der Waals surface area (Å²) in [6.07, 6.45) is 1.17. The maximum Gasteiger partial charge on any atom is 0.254 e. The molecule has 1 amide bonds. The number of nitriles is 1. The normalized spacial score (nSPS) is 10.0. The van der Waals surface area contributed by atoms with Crippen molar-refractivity contribution >= 4 is 34.7 Å². The molecule has 0 aromatic carbocycles. The van der Waals surface area contributed by atoms with Gasteiger partial charge in [0.2, 0.25) is 0 Å². The number of hydrogen-bond acceptors (Lipinski definition) is 4. The van der Waals surface area contributed by atoms with Crippen molar-refractivity contribution in [2.24, 2.45) is 5.10 Å². The zero-order chi connectivity index (χ0) is 10.4. The Bertz CT molecular complexity index is 392. The minimum absolute atomic E-state index is 0.201. The average molecular weight is 303 g/mol. The topological polar surface area (TPSA) is 78.4 Å². The van der Waals surface area contributed by atoms with Crippen LogP contribution in [0.15, 0.2) is 21.7 Å². The molecule has 1 rings (SSSR count). The number of halogens is 1. The number of amides is 1. The summed E-state index contributed by atoms with van der Waals surface area (Å²) in [4.78, 5) is 10.8. The largest absolute Gasteiger partial charge is 0.449 e. The third kappa shape index (κ3) is 3.57. The van der Waals surface area contributed by atoms with Crippen LogP contribution in [0.25, 0.3) is 0 Å². The number of rotatable bonds is 3. The van der Waals surface area contributed by atoms with Gasteiger partial charge in [0, 0.05) is 0 Å². The van der Waals surface area contributed by atoms with Gasteiger partial charge in [-0.2, -0.15) is 10.4 Å². The van der Waals surface area contributed by atoms with Crippen molar-refractivity contribution < 1.29 is 9.21 Å². The Balaban J connectivity index is 2.42. The first kappa shape index (κ1) is 10.7. The highest BCUT2D eigenvalue weighted by Crippen LogP contribution is 2.07. The van der Waals surface area contributed by atoms with Gasteiger partial charge in [0.05, 0.1) is 12.3 Å². The van der Waals surface area contributed by atoms with E-state index in [-0.39, 0.29) is 6.42 Å². The lowest BCUT2D eigenvalue weighted by Gasteiger charge is -1.90. The number of furan rings is 1. The summed E-state index contributed by atoms with van der Waals surface area (Å²) in [6.45, 7) is 0. The number of hydrogen-bond donors (Lipinski definition) is 1. The van der Waals surface area contributed by atoms with Gasteiger partial charge in [-0.05, 0) is 34.7 Å². The third-order valence-electron chi connectivity index (χ3n) is 1.21. The molecule has 5 nitrogen and oxygen atoms in total. The second-order valence-electron chi connectivity index (χ2n) is 2.27. The van der Waals surface area contributed by atoms with Crippen LogP contribution in [-0.2, 0) is 4.79 Å². The van der Waals surface area contributed by atoms with Gasteiger partial charge in [0.25, 0.3) is 5.91 Å². The van der Waals surface area contributed by atoms with Crippen molar-refractivity contribution in [2.45, 2.75) is 6.42 Å². The number of nitrogens with one attached hydrogen (secondary N) is 1. The molecule has 0 atom stereocenters. The van der Waals surface area contributed by atoms with E-state index in [1.807, 2.05) is 22.6 Å². The molecule has 0 aliphatic carbocycles. The Morgan fingerprint density at radius 2 is 2.57 bits per heavy atom. The fourth-order valence-corrected chi connectivity index (χ4v) is 1.11. The molecule has 72 valence electrons. The lowest BCUT2D eigenvalue weighted by molar-refractivity contribution is -0.120. The molecule has 1 aromatic heterocycles. The van der Waals surface area contributed by atoms with Crippen molar-refractivity contribution in [1.29, 1.82) is 5.26 Å². The average Bonchev–Trinajstić information content (AvgIpc) is 2.52. The summed E-state index contributed by atoms with van der Waals surface area (Å²) >= 11 is 2.02. The van der Waals surface area contributed by atoms with E-state index < -0.39 is 5.91 Å². The van der Waals surface area contributed by atoms with Gasteiger partial charge < -0.3 is 4.42 Å². The zero-order valence-electron chi connectivity index (χ0n) is 7.03. The van der Waals surface area contributed by atoms with Crippen molar-refractivity contribution in [2.75, 3.05) is 0 Å². The molecule has 14 heavy (non-hydrogen) atoms. The highest BCUT2D eigenvalue weighted by atomic mass is 127. The summed E-state index contributed by atoms with van der Waals surface area (Å²) in [7, 11) is 0. The highest BCUT2D eigenvalue weighted by molar-refractivity contribution is 14.1. The SMILES string of the molecule is N#CCC(=O)NN=Cc1ccc(I)o1. The number of carbonyl (C=O) groups is 1. The molecule has 0 aliphatic heterocycles. The van der Waals surface area contributed by atoms with Gasteiger partial charge in [-0.25, -0.2) is 5.43 Å².